The Morgan fingerprint density at radius 1 is 1.29 bits per heavy atom. The molecule has 2 heterocycles. The summed E-state index contributed by atoms with van der Waals surface area (Å²) in [5.41, 5.74) is 0.946. The molecule has 3 rings (SSSR count). The van der Waals surface area contributed by atoms with Crippen LogP contribution in [0.4, 0.5) is 0 Å². The first kappa shape index (κ1) is 14.7. The van der Waals surface area contributed by atoms with Crippen LogP contribution in [-0.2, 0) is 18.9 Å². The summed E-state index contributed by atoms with van der Waals surface area (Å²) in [6.45, 7) is 4.19. The van der Waals surface area contributed by atoms with Gasteiger partial charge in [0.05, 0.1) is 12.7 Å². The van der Waals surface area contributed by atoms with Gasteiger partial charge in [-0.15, -0.1) is 6.58 Å². The number of hydrogen-bond acceptors (Lipinski definition) is 5. The second-order valence-electron chi connectivity index (χ2n) is 5.26. The molecule has 0 spiro atoms. The summed E-state index contributed by atoms with van der Waals surface area (Å²) in [6, 6.07) is 9.72. The summed E-state index contributed by atoms with van der Waals surface area (Å²) in [7, 11) is 1.51. The van der Waals surface area contributed by atoms with E-state index >= 15 is 0 Å². The molecule has 6 atom stereocenters. The lowest BCUT2D eigenvalue weighted by Gasteiger charge is -2.47. The van der Waals surface area contributed by atoms with Crippen LogP contribution in [0.25, 0.3) is 0 Å². The van der Waals surface area contributed by atoms with Gasteiger partial charge in [-0.25, -0.2) is 0 Å². The van der Waals surface area contributed by atoms with Crippen molar-refractivity contribution in [3.05, 3.63) is 48.6 Å². The van der Waals surface area contributed by atoms with E-state index < -0.39 is 18.7 Å². The highest BCUT2D eigenvalue weighted by Crippen LogP contribution is 2.37. The van der Waals surface area contributed by atoms with Gasteiger partial charge in [-0.1, -0.05) is 36.4 Å². The van der Waals surface area contributed by atoms with E-state index in [4.69, 9.17) is 18.9 Å². The Bertz CT molecular complexity index is 477. The number of aliphatic hydroxyl groups excluding tert-OH is 1. The van der Waals surface area contributed by atoms with Gasteiger partial charge in [-0.2, -0.15) is 0 Å². The summed E-state index contributed by atoms with van der Waals surface area (Å²) in [5, 5.41) is 10.3. The minimum atomic E-state index is -0.803. The van der Waals surface area contributed by atoms with Crippen molar-refractivity contribution < 1.29 is 24.1 Å². The molecule has 2 saturated heterocycles. The maximum atomic E-state index is 10.3. The van der Waals surface area contributed by atoms with Crippen LogP contribution in [0.3, 0.4) is 0 Å². The first-order valence-electron chi connectivity index (χ1n) is 7.05. The molecule has 0 aliphatic carbocycles. The fraction of sp³-hybridized carbons (Fsp3) is 0.500. The van der Waals surface area contributed by atoms with Gasteiger partial charge < -0.3 is 24.1 Å². The molecule has 0 saturated carbocycles. The van der Waals surface area contributed by atoms with Crippen LogP contribution >= 0.6 is 0 Å². The Balaban J connectivity index is 1.79. The Labute approximate surface area is 124 Å². The van der Waals surface area contributed by atoms with Gasteiger partial charge >= 0.3 is 0 Å². The van der Waals surface area contributed by atoms with Crippen molar-refractivity contribution in [3.63, 3.8) is 0 Å². The van der Waals surface area contributed by atoms with Gasteiger partial charge in [0.25, 0.3) is 0 Å². The van der Waals surface area contributed by atoms with E-state index in [1.807, 2.05) is 30.3 Å². The van der Waals surface area contributed by atoms with E-state index in [1.165, 1.54) is 7.11 Å². The highest BCUT2D eigenvalue weighted by Gasteiger charge is 2.48. The fourth-order valence-electron chi connectivity index (χ4n) is 2.88. The number of hydrogen-bond donors (Lipinski definition) is 1. The molecule has 5 heteroatoms. The number of rotatable bonds is 3. The van der Waals surface area contributed by atoms with Crippen molar-refractivity contribution in [2.45, 2.75) is 30.9 Å². The van der Waals surface area contributed by atoms with Gasteiger partial charge in [0.1, 0.15) is 12.2 Å². The average Bonchev–Trinajstić information content (AvgIpc) is 2.54. The Morgan fingerprint density at radius 2 is 2.05 bits per heavy atom. The van der Waals surface area contributed by atoms with E-state index in [9.17, 15) is 5.11 Å². The van der Waals surface area contributed by atoms with Crippen molar-refractivity contribution in [1.29, 1.82) is 0 Å². The normalized spacial score (nSPS) is 39.5. The van der Waals surface area contributed by atoms with Gasteiger partial charge in [0.2, 0.25) is 0 Å². The molecule has 0 aromatic heterocycles. The van der Waals surface area contributed by atoms with Crippen LogP contribution in [0.2, 0.25) is 0 Å². The zero-order valence-corrected chi connectivity index (χ0v) is 11.9. The lowest BCUT2D eigenvalue weighted by Crippen LogP contribution is -2.58. The standard InChI is InChI=1S/C16H20O5/c1-3-11-13(17)16(18-2)20-12-9-19-15(21-14(11)12)10-7-5-4-6-8-10/h3-8,11-17H,1,9H2,2H3/t11-,12+,13-,14-,15+,16-/m0/s1. The van der Waals surface area contributed by atoms with Crippen LogP contribution in [-0.4, -0.2) is 43.4 Å². The monoisotopic (exact) mass is 292 g/mol. The fourth-order valence-corrected chi connectivity index (χ4v) is 2.88. The quantitative estimate of drug-likeness (QED) is 0.858. The summed E-state index contributed by atoms with van der Waals surface area (Å²) < 4.78 is 22.6. The molecule has 0 bridgehead atoms. The molecule has 2 aliphatic rings. The van der Waals surface area contributed by atoms with E-state index in [0.717, 1.165) is 5.56 Å². The number of methoxy groups -OCH3 is 1. The van der Waals surface area contributed by atoms with Crippen LogP contribution in [0.15, 0.2) is 43.0 Å². The minimum absolute atomic E-state index is 0.260. The molecule has 2 aliphatic heterocycles. The van der Waals surface area contributed by atoms with E-state index in [2.05, 4.69) is 6.58 Å². The molecule has 0 unspecified atom stereocenters. The average molecular weight is 292 g/mol. The maximum Gasteiger partial charge on any atom is 0.184 e. The second kappa shape index (κ2) is 6.25. The van der Waals surface area contributed by atoms with Crippen LogP contribution in [0.5, 0.6) is 0 Å². The predicted molar refractivity (Wildman–Crippen MR) is 75.4 cm³/mol. The van der Waals surface area contributed by atoms with Gasteiger partial charge in [-0.05, 0) is 0 Å². The van der Waals surface area contributed by atoms with Crippen LogP contribution in [0.1, 0.15) is 11.9 Å². The summed E-state index contributed by atoms with van der Waals surface area (Å²) in [6.07, 6.45) is -0.823. The zero-order chi connectivity index (χ0) is 14.8. The van der Waals surface area contributed by atoms with Crippen molar-refractivity contribution in [2.24, 2.45) is 5.92 Å². The summed E-state index contributed by atoms with van der Waals surface area (Å²) in [5.74, 6) is -0.260. The van der Waals surface area contributed by atoms with Crippen molar-refractivity contribution in [3.8, 4) is 0 Å². The van der Waals surface area contributed by atoms with E-state index in [0.29, 0.717) is 6.61 Å². The van der Waals surface area contributed by atoms with Crippen molar-refractivity contribution in [1.82, 2.24) is 0 Å². The van der Waals surface area contributed by atoms with E-state index in [-0.39, 0.29) is 18.1 Å². The number of ether oxygens (including phenoxy) is 4. The topological polar surface area (TPSA) is 57.2 Å². The van der Waals surface area contributed by atoms with Crippen LogP contribution in [0, 0.1) is 5.92 Å². The third-order valence-corrected chi connectivity index (χ3v) is 4.00. The van der Waals surface area contributed by atoms with Gasteiger partial charge in [-0.3, -0.25) is 0 Å². The van der Waals surface area contributed by atoms with Crippen molar-refractivity contribution >= 4 is 0 Å². The molecule has 0 amide bonds. The lowest BCUT2D eigenvalue weighted by atomic mass is 9.88. The second-order valence-corrected chi connectivity index (χ2v) is 5.26. The first-order chi connectivity index (χ1) is 10.2. The molecule has 21 heavy (non-hydrogen) atoms. The zero-order valence-electron chi connectivity index (χ0n) is 11.9. The largest absolute Gasteiger partial charge is 0.387 e. The highest BCUT2D eigenvalue weighted by atomic mass is 16.7. The number of aliphatic hydroxyl groups is 1. The molecular weight excluding hydrogens is 272 g/mol. The first-order valence-corrected chi connectivity index (χ1v) is 7.05. The van der Waals surface area contributed by atoms with Gasteiger partial charge in [0.15, 0.2) is 12.6 Å². The van der Waals surface area contributed by atoms with Gasteiger partial charge in [0, 0.05) is 18.6 Å². The predicted octanol–water partition coefficient (Wildman–Crippen LogP) is 1.64. The minimum Gasteiger partial charge on any atom is -0.387 e. The van der Waals surface area contributed by atoms with Crippen LogP contribution < -0.4 is 0 Å². The maximum absolute atomic E-state index is 10.3. The molecule has 0 radical (unpaired) electrons. The Morgan fingerprint density at radius 3 is 2.71 bits per heavy atom. The SMILES string of the molecule is C=C[C@H]1[C@H](O)[C@@H](OC)O[C@@H]2CO[C@@H](c3ccccc3)O[C@@H]12. The Hall–Kier alpha value is -1.24. The molecule has 5 nitrogen and oxygen atoms in total. The molecule has 1 N–H and O–H groups in total. The highest BCUT2D eigenvalue weighted by molar-refractivity contribution is 5.16. The van der Waals surface area contributed by atoms with Crippen molar-refractivity contribution in [2.75, 3.05) is 13.7 Å². The number of fused-ring (bicyclic) bond motifs is 1. The lowest BCUT2D eigenvalue weighted by molar-refractivity contribution is -0.344. The molecule has 1 aromatic carbocycles. The third kappa shape index (κ3) is 2.75. The van der Waals surface area contributed by atoms with E-state index in [1.54, 1.807) is 6.08 Å². The third-order valence-electron chi connectivity index (χ3n) is 4.00. The molecule has 1 aromatic rings. The summed E-state index contributed by atoms with van der Waals surface area (Å²) >= 11 is 0. The number of benzene rings is 1. The molecule has 114 valence electrons. The Kier molecular flexibility index (Phi) is 4.37. The smallest absolute Gasteiger partial charge is 0.184 e. The molecule has 2 fully saturated rings. The summed E-state index contributed by atoms with van der Waals surface area (Å²) in [4.78, 5) is 0. The molecular formula is C16H20O5.